The average molecular weight is 483 g/mol. The fourth-order valence-corrected chi connectivity index (χ4v) is 4.00. The highest BCUT2D eigenvalue weighted by Gasteiger charge is 2.23. The summed E-state index contributed by atoms with van der Waals surface area (Å²) in [7, 11) is 0. The van der Waals surface area contributed by atoms with Gasteiger partial charge in [-0.3, -0.25) is 4.98 Å². The van der Waals surface area contributed by atoms with Gasteiger partial charge in [-0.1, -0.05) is 11.6 Å². The summed E-state index contributed by atoms with van der Waals surface area (Å²) >= 11 is 7.97. The van der Waals surface area contributed by atoms with Crippen LogP contribution < -0.4 is 10.6 Å². The van der Waals surface area contributed by atoms with E-state index in [-0.39, 0.29) is 0 Å². The molecule has 0 amide bonds. The average Bonchev–Trinajstić information content (AvgIpc) is 2.63. The molecule has 0 radical (unpaired) electrons. The van der Waals surface area contributed by atoms with Crippen LogP contribution in [0.4, 0.5) is 5.69 Å². The zero-order valence-electron chi connectivity index (χ0n) is 15.1. The Morgan fingerprint density at radius 2 is 1.69 bits per heavy atom. The molecule has 4 nitrogen and oxygen atoms in total. The van der Waals surface area contributed by atoms with E-state index in [9.17, 15) is 0 Å². The Bertz CT molecular complexity index is 748. The molecule has 1 saturated carbocycles. The Kier molecular flexibility index (Phi) is 6.75. The number of rotatable bonds is 3. The van der Waals surface area contributed by atoms with E-state index in [4.69, 9.17) is 11.6 Å². The van der Waals surface area contributed by atoms with E-state index in [2.05, 4.69) is 44.8 Å². The molecule has 2 N–H and O–H groups in total. The molecule has 0 spiro atoms. The Morgan fingerprint density at radius 1 is 1.08 bits per heavy atom. The SMILES string of the molecule is Cc1cc([C@H]2CC[C@H](N/C(=N/I)Nc3ccc(Cl)cc3)CC2)cc(C)n1. The summed E-state index contributed by atoms with van der Waals surface area (Å²) in [4.78, 5) is 4.49. The molecule has 0 aliphatic heterocycles. The molecule has 1 aromatic heterocycles. The van der Waals surface area contributed by atoms with Gasteiger partial charge in [0, 0.05) is 28.1 Å². The molecule has 3 rings (SSSR count). The molecular weight excluding hydrogens is 459 g/mol. The second kappa shape index (κ2) is 9.04. The van der Waals surface area contributed by atoms with Gasteiger partial charge in [-0.15, -0.1) is 0 Å². The van der Waals surface area contributed by atoms with Crippen molar-refractivity contribution in [3.63, 3.8) is 0 Å². The van der Waals surface area contributed by atoms with Crippen molar-refractivity contribution in [1.82, 2.24) is 10.3 Å². The largest absolute Gasteiger partial charge is 0.353 e. The Morgan fingerprint density at radius 3 is 2.27 bits per heavy atom. The van der Waals surface area contributed by atoms with Crippen molar-refractivity contribution in [3.05, 3.63) is 58.4 Å². The van der Waals surface area contributed by atoms with Crippen LogP contribution in [-0.4, -0.2) is 17.0 Å². The number of benzene rings is 1. The van der Waals surface area contributed by atoms with Crippen molar-refractivity contribution in [2.24, 2.45) is 3.21 Å². The first-order chi connectivity index (χ1) is 12.5. The minimum Gasteiger partial charge on any atom is -0.353 e. The molecular formula is C20H24ClIN4. The second-order valence-corrected chi connectivity index (χ2v) is 7.86. The normalized spacial score (nSPS) is 20.7. The van der Waals surface area contributed by atoms with Crippen LogP contribution in [0.1, 0.15) is 48.6 Å². The van der Waals surface area contributed by atoms with Crippen LogP contribution in [-0.2, 0) is 0 Å². The van der Waals surface area contributed by atoms with Crippen LogP contribution in [0.15, 0.2) is 39.6 Å². The van der Waals surface area contributed by atoms with Crippen molar-refractivity contribution < 1.29 is 0 Å². The zero-order valence-corrected chi connectivity index (χ0v) is 18.0. The van der Waals surface area contributed by atoms with Crippen molar-refractivity contribution in [2.75, 3.05) is 5.32 Å². The minimum absolute atomic E-state index is 0.448. The Balaban J connectivity index is 1.54. The highest BCUT2D eigenvalue weighted by Crippen LogP contribution is 2.33. The Hall–Kier alpha value is -1.34. The summed E-state index contributed by atoms with van der Waals surface area (Å²) in [5, 5.41) is 7.61. The first-order valence-corrected chi connectivity index (χ1v) is 10.3. The van der Waals surface area contributed by atoms with Crippen LogP contribution in [0.25, 0.3) is 0 Å². The molecule has 0 bridgehead atoms. The summed E-state index contributed by atoms with van der Waals surface area (Å²) in [6.07, 6.45) is 4.66. The number of nitrogens with zero attached hydrogens (tertiary/aromatic N) is 2. The lowest BCUT2D eigenvalue weighted by Crippen LogP contribution is -2.40. The third-order valence-corrected chi connectivity index (χ3v) is 5.57. The lowest BCUT2D eigenvalue weighted by atomic mass is 9.81. The maximum absolute atomic E-state index is 5.94. The predicted molar refractivity (Wildman–Crippen MR) is 118 cm³/mol. The molecule has 0 atom stereocenters. The summed E-state index contributed by atoms with van der Waals surface area (Å²) < 4.78 is 4.32. The van der Waals surface area contributed by atoms with Crippen LogP contribution in [0.5, 0.6) is 0 Å². The summed E-state index contributed by atoms with van der Waals surface area (Å²) in [5.41, 5.74) is 4.66. The molecule has 1 heterocycles. The van der Waals surface area contributed by atoms with Crippen molar-refractivity contribution >= 4 is 46.1 Å². The molecule has 26 heavy (non-hydrogen) atoms. The molecule has 1 aromatic carbocycles. The van der Waals surface area contributed by atoms with Gasteiger partial charge in [0.05, 0.1) is 22.9 Å². The van der Waals surface area contributed by atoms with Gasteiger partial charge in [0.25, 0.3) is 0 Å². The number of hydrogen-bond donors (Lipinski definition) is 2. The molecule has 1 aliphatic carbocycles. The van der Waals surface area contributed by atoms with E-state index >= 15 is 0 Å². The van der Waals surface area contributed by atoms with Gasteiger partial charge in [-0.2, -0.15) is 3.21 Å². The van der Waals surface area contributed by atoms with Crippen LogP contribution in [0.2, 0.25) is 5.02 Å². The summed E-state index contributed by atoms with van der Waals surface area (Å²) in [6.45, 7) is 4.16. The number of guanidine groups is 1. The number of pyridine rings is 1. The number of aromatic nitrogens is 1. The van der Waals surface area contributed by atoms with Gasteiger partial charge >= 0.3 is 0 Å². The van der Waals surface area contributed by atoms with E-state index in [1.54, 1.807) is 0 Å². The highest BCUT2D eigenvalue weighted by atomic mass is 127. The Labute approximate surface area is 174 Å². The number of anilines is 1. The van der Waals surface area contributed by atoms with Crippen LogP contribution in [0, 0.1) is 13.8 Å². The van der Waals surface area contributed by atoms with Crippen LogP contribution >= 0.6 is 34.5 Å². The molecule has 138 valence electrons. The first kappa shape index (κ1) is 19.4. The van der Waals surface area contributed by atoms with Crippen molar-refractivity contribution in [2.45, 2.75) is 51.5 Å². The van der Waals surface area contributed by atoms with E-state index in [1.807, 2.05) is 47.1 Å². The molecule has 1 aliphatic rings. The van der Waals surface area contributed by atoms with Crippen LogP contribution in [0.3, 0.4) is 0 Å². The van der Waals surface area contributed by atoms with Gasteiger partial charge in [-0.25, -0.2) is 0 Å². The number of hydrogen-bond acceptors (Lipinski definition) is 2. The summed E-state index contributed by atoms with van der Waals surface area (Å²) in [6, 6.07) is 12.6. The van der Waals surface area contributed by atoms with E-state index < -0.39 is 0 Å². The van der Waals surface area contributed by atoms with E-state index in [0.29, 0.717) is 12.0 Å². The van der Waals surface area contributed by atoms with Crippen molar-refractivity contribution in [1.29, 1.82) is 0 Å². The zero-order chi connectivity index (χ0) is 18.5. The fourth-order valence-electron chi connectivity index (χ4n) is 3.62. The lowest BCUT2D eigenvalue weighted by molar-refractivity contribution is 0.373. The van der Waals surface area contributed by atoms with Gasteiger partial charge in [0.15, 0.2) is 0 Å². The fraction of sp³-hybridized carbons (Fsp3) is 0.400. The van der Waals surface area contributed by atoms with Gasteiger partial charge in [-0.05, 0) is 87.4 Å². The molecule has 0 saturated heterocycles. The first-order valence-electron chi connectivity index (χ1n) is 8.97. The number of nitrogens with one attached hydrogen (secondary N) is 2. The quantitative estimate of drug-likeness (QED) is 0.331. The van der Waals surface area contributed by atoms with Gasteiger partial charge in [0.2, 0.25) is 5.96 Å². The molecule has 6 heteroatoms. The number of aryl methyl sites for hydroxylation is 2. The summed E-state index contributed by atoms with van der Waals surface area (Å²) in [5.74, 6) is 1.43. The monoisotopic (exact) mass is 482 g/mol. The second-order valence-electron chi connectivity index (χ2n) is 6.94. The number of halogens is 2. The predicted octanol–water partition coefficient (Wildman–Crippen LogP) is 5.79. The maximum atomic E-state index is 5.94. The third-order valence-electron chi connectivity index (χ3n) is 4.83. The third kappa shape index (κ3) is 5.33. The van der Waals surface area contributed by atoms with E-state index in [1.165, 1.54) is 18.4 Å². The van der Waals surface area contributed by atoms with Crippen molar-refractivity contribution in [3.8, 4) is 0 Å². The van der Waals surface area contributed by atoms with E-state index in [0.717, 1.165) is 40.9 Å². The lowest BCUT2D eigenvalue weighted by Gasteiger charge is -2.30. The highest BCUT2D eigenvalue weighted by molar-refractivity contribution is 14.1. The standard InChI is InChI=1S/C20H24ClIN4/c1-13-11-16(12-14(2)23-13)15-3-7-18(8-4-15)24-20(26-22)25-19-9-5-17(21)6-10-19/h5-6,9-12,15,18H,3-4,7-8H2,1-2H3,(H2,24,25,26)/t15-,18-. The maximum Gasteiger partial charge on any atom is 0.206 e. The topological polar surface area (TPSA) is 49.3 Å². The molecule has 0 unspecified atom stereocenters. The van der Waals surface area contributed by atoms with Gasteiger partial charge < -0.3 is 10.6 Å². The smallest absolute Gasteiger partial charge is 0.206 e. The minimum atomic E-state index is 0.448. The molecule has 2 aromatic rings. The van der Waals surface area contributed by atoms with Gasteiger partial charge in [0.1, 0.15) is 0 Å². The molecule has 1 fully saturated rings.